The number of sulfonamides is 1. The summed E-state index contributed by atoms with van der Waals surface area (Å²) in [6.45, 7) is 3.70. The van der Waals surface area contributed by atoms with E-state index in [0.717, 1.165) is 42.2 Å². The average Bonchev–Trinajstić information content (AvgIpc) is 3.22. The number of hydrogen-bond donors (Lipinski definition) is 1. The Bertz CT molecular complexity index is 1110. The van der Waals surface area contributed by atoms with Crippen LogP contribution in [0, 0.1) is 23.1 Å². The van der Waals surface area contributed by atoms with Gasteiger partial charge in [-0.15, -0.1) is 0 Å². The number of hydrogen-bond acceptors (Lipinski definition) is 6. The van der Waals surface area contributed by atoms with Crippen LogP contribution in [0.5, 0.6) is 0 Å². The molecule has 2 atom stereocenters. The molecule has 0 aliphatic carbocycles. The van der Waals surface area contributed by atoms with E-state index in [-0.39, 0.29) is 16.5 Å². The molecule has 4 rings (SSSR count). The van der Waals surface area contributed by atoms with E-state index < -0.39 is 15.8 Å². The fourth-order valence-corrected chi connectivity index (χ4v) is 5.84. The van der Waals surface area contributed by atoms with E-state index in [1.54, 1.807) is 12.3 Å². The Morgan fingerprint density at radius 2 is 2.17 bits per heavy atom. The number of halogens is 1. The van der Waals surface area contributed by atoms with Gasteiger partial charge in [0.1, 0.15) is 17.7 Å². The summed E-state index contributed by atoms with van der Waals surface area (Å²) in [6.07, 6.45) is 3.37. The molecular formula is C21H24FN5O2S. The Balaban J connectivity index is 1.62. The summed E-state index contributed by atoms with van der Waals surface area (Å²) in [7, 11) is -1.83. The van der Waals surface area contributed by atoms with Gasteiger partial charge in [-0.2, -0.15) is 9.57 Å². The normalized spacial score (nSPS) is 21.5. The molecule has 0 saturated carbocycles. The van der Waals surface area contributed by atoms with Gasteiger partial charge in [0, 0.05) is 50.2 Å². The molecule has 1 unspecified atom stereocenters. The maximum Gasteiger partial charge on any atom is 0.243 e. The van der Waals surface area contributed by atoms with Gasteiger partial charge in [-0.3, -0.25) is 0 Å². The molecule has 2 aromatic rings. The fraction of sp³-hybridized carbons (Fsp3) is 0.429. The second-order valence-electron chi connectivity index (χ2n) is 7.89. The second kappa shape index (κ2) is 7.85. The van der Waals surface area contributed by atoms with Gasteiger partial charge >= 0.3 is 0 Å². The van der Waals surface area contributed by atoms with Crippen LogP contribution in [0.15, 0.2) is 35.4 Å². The monoisotopic (exact) mass is 429 g/mol. The lowest BCUT2D eigenvalue weighted by Crippen LogP contribution is -2.52. The number of nitrogens with one attached hydrogen (secondary N) is 1. The highest BCUT2D eigenvalue weighted by molar-refractivity contribution is 7.89. The van der Waals surface area contributed by atoms with Crippen LogP contribution in [-0.2, 0) is 16.4 Å². The van der Waals surface area contributed by atoms with Crippen molar-refractivity contribution in [3.63, 3.8) is 0 Å². The van der Waals surface area contributed by atoms with E-state index in [4.69, 9.17) is 5.26 Å². The van der Waals surface area contributed by atoms with Crippen molar-refractivity contribution in [1.82, 2.24) is 9.29 Å². The summed E-state index contributed by atoms with van der Waals surface area (Å²) in [5.41, 5.74) is 1.95. The summed E-state index contributed by atoms with van der Waals surface area (Å²) in [6, 6.07) is 7.05. The predicted molar refractivity (Wildman–Crippen MR) is 112 cm³/mol. The summed E-state index contributed by atoms with van der Waals surface area (Å²) in [4.78, 5) is 6.49. The molecule has 3 heterocycles. The molecule has 0 spiro atoms. The molecule has 9 heteroatoms. The zero-order valence-electron chi connectivity index (χ0n) is 17.0. The van der Waals surface area contributed by atoms with Crippen LogP contribution in [0.1, 0.15) is 24.5 Å². The first-order valence-electron chi connectivity index (χ1n) is 9.97. The zero-order chi connectivity index (χ0) is 21.5. The number of piperidine rings is 1. The predicted octanol–water partition coefficient (Wildman–Crippen LogP) is 2.60. The Morgan fingerprint density at radius 3 is 2.93 bits per heavy atom. The lowest BCUT2D eigenvalue weighted by molar-refractivity contribution is 0.247. The van der Waals surface area contributed by atoms with E-state index in [0.29, 0.717) is 25.4 Å². The molecule has 1 N–H and O–H groups in total. The van der Waals surface area contributed by atoms with Gasteiger partial charge in [0.25, 0.3) is 0 Å². The number of pyridine rings is 1. The SMILES string of the molecule is C[C@@H]1CCN(S(=O)(=O)c2ccc(F)c(C#N)c2)CC1N(C)c1ccnc2c1CCN2. The minimum Gasteiger partial charge on any atom is -0.370 e. The summed E-state index contributed by atoms with van der Waals surface area (Å²) < 4.78 is 41.6. The van der Waals surface area contributed by atoms with Gasteiger partial charge in [-0.25, -0.2) is 17.8 Å². The first-order valence-corrected chi connectivity index (χ1v) is 11.4. The summed E-state index contributed by atoms with van der Waals surface area (Å²) in [5.74, 6) is 0.464. The smallest absolute Gasteiger partial charge is 0.243 e. The lowest BCUT2D eigenvalue weighted by Gasteiger charge is -2.42. The van der Waals surface area contributed by atoms with Gasteiger partial charge in [0.15, 0.2) is 0 Å². The molecule has 2 aliphatic heterocycles. The number of nitrogens with zero attached hydrogens (tertiary/aromatic N) is 4. The van der Waals surface area contributed by atoms with Crippen molar-refractivity contribution in [3.8, 4) is 6.07 Å². The third-order valence-corrected chi connectivity index (χ3v) is 8.01. The Morgan fingerprint density at radius 1 is 1.37 bits per heavy atom. The molecule has 158 valence electrons. The highest BCUT2D eigenvalue weighted by Gasteiger charge is 2.36. The Labute approximate surface area is 176 Å². The molecule has 1 saturated heterocycles. The zero-order valence-corrected chi connectivity index (χ0v) is 17.8. The van der Waals surface area contributed by atoms with Crippen LogP contribution in [0.3, 0.4) is 0 Å². The standard InChI is InChI=1S/C21H24FN5O2S/c1-14-7-10-27(30(28,29)16-3-4-18(22)15(11-16)12-23)13-20(14)26(2)19-6-9-25-21-17(19)5-8-24-21/h3-4,6,9,11,14,20H,5,7-8,10,13H2,1-2H3,(H,24,25)/t14-,20?/m1/s1. The van der Waals surface area contributed by atoms with E-state index in [2.05, 4.69) is 22.1 Å². The van der Waals surface area contributed by atoms with Crippen molar-refractivity contribution >= 4 is 21.5 Å². The summed E-state index contributed by atoms with van der Waals surface area (Å²) in [5, 5.41) is 12.3. The maximum absolute atomic E-state index is 13.7. The van der Waals surface area contributed by atoms with Crippen molar-refractivity contribution < 1.29 is 12.8 Å². The molecule has 7 nitrogen and oxygen atoms in total. The largest absolute Gasteiger partial charge is 0.370 e. The van der Waals surface area contributed by atoms with Crippen LogP contribution in [0.4, 0.5) is 15.9 Å². The number of aromatic nitrogens is 1. The second-order valence-corrected chi connectivity index (χ2v) is 9.83. The number of rotatable bonds is 4. The quantitative estimate of drug-likeness (QED) is 0.804. The molecule has 0 radical (unpaired) electrons. The Kier molecular flexibility index (Phi) is 5.38. The Hall–Kier alpha value is -2.70. The number of benzene rings is 1. The molecule has 30 heavy (non-hydrogen) atoms. The van der Waals surface area contributed by atoms with E-state index in [1.165, 1.54) is 10.4 Å². The minimum absolute atomic E-state index is 0.0171. The number of anilines is 2. The van der Waals surface area contributed by atoms with Crippen LogP contribution < -0.4 is 10.2 Å². The molecule has 0 amide bonds. The first kappa shape index (κ1) is 20.6. The minimum atomic E-state index is -3.83. The van der Waals surface area contributed by atoms with Crippen molar-refractivity contribution in [2.24, 2.45) is 5.92 Å². The van der Waals surface area contributed by atoms with Crippen molar-refractivity contribution in [2.75, 3.05) is 36.9 Å². The van der Waals surface area contributed by atoms with E-state index >= 15 is 0 Å². The van der Waals surface area contributed by atoms with Gasteiger partial charge in [-0.05, 0) is 43.0 Å². The third-order valence-electron chi connectivity index (χ3n) is 6.15. The van der Waals surface area contributed by atoms with E-state index in [9.17, 15) is 12.8 Å². The number of nitriles is 1. The van der Waals surface area contributed by atoms with Crippen molar-refractivity contribution in [2.45, 2.75) is 30.7 Å². The molecule has 2 aliphatic rings. The van der Waals surface area contributed by atoms with Crippen LogP contribution in [-0.4, -0.2) is 50.4 Å². The third kappa shape index (κ3) is 3.50. The van der Waals surface area contributed by atoms with Gasteiger partial charge in [-0.1, -0.05) is 6.92 Å². The highest BCUT2D eigenvalue weighted by Crippen LogP contribution is 2.34. The van der Waals surface area contributed by atoms with Crippen LogP contribution in [0.25, 0.3) is 0 Å². The fourth-order valence-electron chi connectivity index (χ4n) is 4.34. The molecule has 1 fully saturated rings. The summed E-state index contributed by atoms with van der Waals surface area (Å²) >= 11 is 0. The van der Waals surface area contributed by atoms with Crippen molar-refractivity contribution in [1.29, 1.82) is 5.26 Å². The van der Waals surface area contributed by atoms with Crippen LogP contribution in [0.2, 0.25) is 0 Å². The molecular weight excluding hydrogens is 405 g/mol. The average molecular weight is 430 g/mol. The topological polar surface area (TPSA) is 89.3 Å². The van der Waals surface area contributed by atoms with Gasteiger partial charge in [0.05, 0.1) is 10.5 Å². The van der Waals surface area contributed by atoms with E-state index in [1.807, 2.05) is 13.1 Å². The van der Waals surface area contributed by atoms with Crippen LogP contribution >= 0.6 is 0 Å². The lowest BCUT2D eigenvalue weighted by atomic mass is 9.93. The van der Waals surface area contributed by atoms with Crippen molar-refractivity contribution in [3.05, 3.63) is 47.4 Å². The molecule has 0 bridgehead atoms. The molecule has 1 aromatic heterocycles. The van der Waals surface area contributed by atoms with Gasteiger partial charge in [0.2, 0.25) is 10.0 Å². The maximum atomic E-state index is 13.7. The molecule has 1 aromatic carbocycles. The number of fused-ring (bicyclic) bond motifs is 1. The first-order chi connectivity index (χ1) is 14.3. The number of likely N-dealkylation sites (N-methyl/N-ethyl adjacent to an activating group) is 1. The highest BCUT2D eigenvalue weighted by atomic mass is 32.2. The van der Waals surface area contributed by atoms with Gasteiger partial charge < -0.3 is 10.2 Å².